The molecule has 0 aliphatic carbocycles. The number of halogens is 3. The molecule has 1 aliphatic rings. The lowest BCUT2D eigenvalue weighted by Gasteiger charge is -2.16. The van der Waals surface area contributed by atoms with Crippen molar-refractivity contribution in [3.05, 3.63) is 33.8 Å². The van der Waals surface area contributed by atoms with Crippen LogP contribution >= 0.6 is 15.9 Å². The van der Waals surface area contributed by atoms with Gasteiger partial charge in [-0.15, -0.1) is 0 Å². The molecule has 18 heavy (non-hydrogen) atoms. The third kappa shape index (κ3) is 2.70. The number of ether oxygens (including phenoxy) is 1. The van der Waals surface area contributed by atoms with Crippen LogP contribution in [0.15, 0.2) is 16.6 Å². The van der Waals surface area contributed by atoms with E-state index in [1.807, 2.05) is 6.92 Å². The fourth-order valence-electron chi connectivity index (χ4n) is 1.92. The second-order valence-electron chi connectivity index (χ2n) is 4.19. The Balaban J connectivity index is 2.19. The quantitative estimate of drug-likeness (QED) is 0.910. The van der Waals surface area contributed by atoms with Gasteiger partial charge in [0.15, 0.2) is 0 Å². The van der Waals surface area contributed by atoms with Crippen LogP contribution in [-0.4, -0.2) is 24.7 Å². The maximum atomic E-state index is 13.6. The van der Waals surface area contributed by atoms with E-state index in [1.165, 1.54) is 0 Å². The van der Waals surface area contributed by atoms with E-state index in [0.29, 0.717) is 13.0 Å². The van der Waals surface area contributed by atoms with Gasteiger partial charge in [0.2, 0.25) is 0 Å². The molecule has 0 saturated carbocycles. The van der Waals surface area contributed by atoms with Crippen molar-refractivity contribution >= 4 is 21.8 Å². The molecule has 3 nitrogen and oxygen atoms in total. The highest BCUT2D eigenvalue weighted by Gasteiger charge is 2.28. The van der Waals surface area contributed by atoms with Crippen LogP contribution in [0, 0.1) is 11.6 Å². The molecule has 2 rings (SSSR count). The maximum absolute atomic E-state index is 13.6. The minimum Gasteiger partial charge on any atom is -0.376 e. The van der Waals surface area contributed by atoms with E-state index < -0.39 is 23.1 Å². The Morgan fingerprint density at radius 3 is 2.56 bits per heavy atom. The van der Waals surface area contributed by atoms with Crippen molar-refractivity contribution in [1.82, 2.24) is 5.32 Å². The molecule has 1 saturated heterocycles. The summed E-state index contributed by atoms with van der Waals surface area (Å²) in [5.41, 5.74) is -0.558. The lowest BCUT2D eigenvalue weighted by molar-refractivity contribution is 0.0858. The van der Waals surface area contributed by atoms with Gasteiger partial charge in [0.05, 0.1) is 12.1 Å². The molecule has 1 aliphatic heterocycles. The first-order valence-electron chi connectivity index (χ1n) is 5.56. The van der Waals surface area contributed by atoms with Crippen molar-refractivity contribution in [2.75, 3.05) is 6.61 Å². The van der Waals surface area contributed by atoms with Gasteiger partial charge >= 0.3 is 0 Å². The van der Waals surface area contributed by atoms with Gasteiger partial charge in [-0.25, -0.2) is 8.78 Å². The van der Waals surface area contributed by atoms with E-state index in [1.54, 1.807) is 0 Å². The van der Waals surface area contributed by atoms with Gasteiger partial charge in [-0.3, -0.25) is 4.79 Å². The number of hydrogen-bond donors (Lipinski definition) is 1. The van der Waals surface area contributed by atoms with Crippen molar-refractivity contribution < 1.29 is 18.3 Å². The summed E-state index contributed by atoms with van der Waals surface area (Å²) >= 11 is 2.96. The number of carbonyl (C=O) groups is 1. The summed E-state index contributed by atoms with van der Waals surface area (Å²) in [6.07, 6.45) is 0.502. The monoisotopic (exact) mass is 319 g/mol. The summed E-state index contributed by atoms with van der Waals surface area (Å²) < 4.78 is 32.7. The molecule has 1 heterocycles. The number of rotatable bonds is 2. The van der Waals surface area contributed by atoms with Crippen molar-refractivity contribution in [1.29, 1.82) is 0 Å². The summed E-state index contributed by atoms with van der Waals surface area (Å²) in [7, 11) is 0. The number of hydrogen-bond acceptors (Lipinski definition) is 2. The van der Waals surface area contributed by atoms with E-state index in [2.05, 4.69) is 21.2 Å². The lowest BCUT2D eigenvalue weighted by Crippen LogP contribution is -2.39. The Kier molecular flexibility index (Phi) is 3.97. The highest BCUT2D eigenvalue weighted by molar-refractivity contribution is 9.10. The van der Waals surface area contributed by atoms with Gasteiger partial charge in [0, 0.05) is 11.1 Å². The molecule has 1 fully saturated rings. The zero-order valence-corrected chi connectivity index (χ0v) is 11.3. The van der Waals surface area contributed by atoms with Crippen LogP contribution in [0.25, 0.3) is 0 Å². The van der Waals surface area contributed by atoms with E-state index in [-0.39, 0.29) is 16.6 Å². The Morgan fingerprint density at radius 2 is 2.06 bits per heavy atom. The van der Waals surface area contributed by atoms with Crippen LogP contribution in [-0.2, 0) is 4.74 Å². The van der Waals surface area contributed by atoms with E-state index in [4.69, 9.17) is 4.74 Å². The zero-order valence-electron chi connectivity index (χ0n) is 9.67. The number of benzene rings is 1. The maximum Gasteiger partial charge on any atom is 0.257 e. The second kappa shape index (κ2) is 5.32. The van der Waals surface area contributed by atoms with Crippen LogP contribution in [0.5, 0.6) is 0 Å². The standard InChI is InChI=1S/C12H12BrF2NO2/c1-6-10(2-3-18-6)16-12(17)11-8(14)4-7(13)5-9(11)15/h4-6,10H,2-3H2,1H3,(H,16,17). The molecule has 1 amide bonds. The number of carbonyl (C=O) groups excluding carboxylic acids is 1. The summed E-state index contributed by atoms with van der Waals surface area (Å²) in [4.78, 5) is 11.8. The second-order valence-corrected chi connectivity index (χ2v) is 5.10. The van der Waals surface area contributed by atoms with Crippen LogP contribution in [0.3, 0.4) is 0 Å². The van der Waals surface area contributed by atoms with Crippen molar-refractivity contribution in [2.24, 2.45) is 0 Å². The fourth-order valence-corrected chi connectivity index (χ4v) is 2.32. The summed E-state index contributed by atoms with van der Waals surface area (Å²) in [6.45, 7) is 2.35. The third-order valence-electron chi connectivity index (χ3n) is 2.93. The first-order valence-corrected chi connectivity index (χ1v) is 6.35. The highest BCUT2D eigenvalue weighted by Crippen LogP contribution is 2.20. The Morgan fingerprint density at radius 1 is 1.44 bits per heavy atom. The molecule has 1 aromatic rings. The first kappa shape index (κ1) is 13.4. The van der Waals surface area contributed by atoms with Gasteiger partial charge < -0.3 is 10.1 Å². The highest BCUT2D eigenvalue weighted by atomic mass is 79.9. The lowest BCUT2D eigenvalue weighted by atomic mass is 10.1. The molecule has 2 unspecified atom stereocenters. The van der Waals surface area contributed by atoms with E-state index >= 15 is 0 Å². The van der Waals surface area contributed by atoms with Crippen LogP contribution < -0.4 is 5.32 Å². The molecule has 98 valence electrons. The van der Waals surface area contributed by atoms with Crippen molar-refractivity contribution in [3.8, 4) is 0 Å². The molecule has 0 aromatic heterocycles. The summed E-state index contributed by atoms with van der Waals surface area (Å²) in [5, 5.41) is 2.59. The van der Waals surface area contributed by atoms with Crippen molar-refractivity contribution in [2.45, 2.75) is 25.5 Å². The first-order chi connectivity index (χ1) is 8.49. The Labute approximate surface area is 112 Å². The normalized spacial score (nSPS) is 23.1. The molecule has 6 heteroatoms. The van der Waals surface area contributed by atoms with Crippen molar-refractivity contribution in [3.63, 3.8) is 0 Å². The molecule has 0 spiro atoms. The van der Waals surface area contributed by atoms with Gasteiger partial charge in [0.1, 0.15) is 17.2 Å². The smallest absolute Gasteiger partial charge is 0.257 e. The Bertz CT molecular complexity index is 458. The van der Waals surface area contributed by atoms with Crippen LogP contribution in [0.1, 0.15) is 23.7 Å². The molecule has 0 radical (unpaired) electrons. The van der Waals surface area contributed by atoms with Crippen LogP contribution in [0.2, 0.25) is 0 Å². The predicted molar refractivity (Wildman–Crippen MR) is 65.3 cm³/mol. The predicted octanol–water partition coefficient (Wildman–Crippen LogP) is 2.63. The number of amides is 1. The van der Waals surface area contributed by atoms with Gasteiger partial charge in [0.25, 0.3) is 5.91 Å². The minimum atomic E-state index is -0.883. The van der Waals surface area contributed by atoms with Gasteiger partial charge in [-0.1, -0.05) is 15.9 Å². The minimum absolute atomic E-state index is 0.143. The zero-order chi connectivity index (χ0) is 13.3. The topological polar surface area (TPSA) is 38.3 Å². The number of nitrogens with one attached hydrogen (secondary N) is 1. The molecular weight excluding hydrogens is 308 g/mol. The molecular formula is C12H12BrF2NO2. The molecule has 1 N–H and O–H groups in total. The molecule has 2 atom stereocenters. The average Bonchev–Trinajstić information content (AvgIpc) is 2.62. The van der Waals surface area contributed by atoms with E-state index in [0.717, 1.165) is 12.1 Å². The molecule has 1 aromatic carbocycles. The van der Waals surface area contributed by atoms with Crippen LogP contribution in [0.4, 0.5) is 8.78 Å². The van der Waals surface area contributed by atoms with E-state index in [9.17, 15) is 13.6 Å². The summed E-state index contributed by atoms with van der Waals surface area (Å²) in [6, 6.07) is 1.92. The largest absolute Gasteiger partial charge is 0.376 e. The fraction of sp³-hybridized carbons (Fsp3) is 0.417. The average molecular weight is 320 g/mol. The third-order valence-corrected chi connectivity index (χ3v) is 3.38. The SMILES string of the molecule is CC1OCCC1NC(=O)c1c(F)cc(Br)cc1F. The van der Waals surface area contributed by atoms with Gasteiger partial charge in [-0.05, 0) is 25.5 Å². The summed E-state index contributed by atoms with van der Waals surface area (Å²) in [5.74, 6) is -2.52. The molecule has 0 bridgehead atoms. The Hall–Kier alpha value is -1.01. The van der Waals surface area contributed by atoms with Gasteiger partial charge in [-0.2, -0.15) is 0 Å².